The van der Waals surface area contributed by atoms with Crippen molar-refractivity contribution in [2.45, 2.75) is 26.7 Å². The molecule has 0 N–H and O–H groups in total. The number of esters is 2. The first-order valence-electron chi connectivity index (χ1n) is 6.70. The van der Waals surface area contributed by atoms with Crippen LogP contribution in [0, 0.1) is 23.7 Å². The highest BCUT2D eigenvalue weighted by atomic mass is 16.5. The molecule has 0 amide bonds. The fourth-order valence-corrected chi connectivity index (χ4v) is 3.11. The van der Waals surface area contributed by atoms with Crippen molar-refractivity contribution >= 4 is 11.9 Å². The second-order valence-electron chi connectivity index (χ2n) is 4.85. The van der Waals surface area contributed by atoms with Crippen molar-refractivity contribution in [2.75, 3.05) is 13.2 Å². The van der Waals surface area contributed by atoms with E-state index >= 15 is 0 Å². The third-order valence-corrected chi connectivity index (χ3v) is 3.87. The average molecular weight is 252 g/mol. The summed E-state index contributed by atoms with van der Waals surface area (Å²) in [5.74, 6) is -0.961. The van der Waals surface area contributed by atoms with Gasteiger partial charge in [-0.05, 0) is 38.5 Å². The van der Waals surface area contributed by atoms with Gasteiger partial charge in [-0.1, -0.05) is 12.2 Å². The molecule has 0 saturated heterocycles. The smallest absolute Gasteiger partial charge is 0.310 e. The van der Waals surface area contributed by atoms with Gasteiger partial charge in [0.05, 0.1) is 25.0 Å². The molecular formula is C14H20O4. The van der Waals surface area contributed by atoms with Crippen LogP contribution in [0.4, 0.5) is 0 Å². The fourth-order valence-electron chi connectivity index (χ4n) is 3.11. The Morgan fingerprint density at radius 1 is 0.944 bits per heavy atom. The molecule has 2 bridgehead atoms. The molecule has 1 fully saturated rings. The number of carbonyl (C=O) groups excluding carboxylic acids is 2. The molecule has 1 saturated carbocycles. The van der Waals surface area contributed by atoms with E-state index in [1.54, 1.807) is 13.8 Å². The van der Waals surface area contributed by atoms with Gasteiger partial charge in [-0.25, -0.2) is 0 Å². The lowest BCUT2D eigenvalue weighted by Crippen LogP contribution is -2.46. The van der Waals surface area contributed by atoms with E-state index in [4.69, 9.17) is 9.47 Å². The van der Waals surface area contributed by atoms with Crippen molar-refractivity contribution in [3.8, 4) is 0 Å². The summed E-state index contributed by atoms with van der Waals surface area (Å²) in [5, 5.41) is 0. The Morgan fingerprint density at radius 3 is 1.61 bits per heavy atom. The lowest BCUT2D eigenvalue weighted by atomic mass is 9.62. The molecular weight excluding hydrogens is 232 g/mol. The molecule has 0 aliphatic heterocycles. The highest BCUT2D eigenvalue weighted by molar-refractivity contribution is 5.83. The van der Waals surface area contributed by atoms with Crippen LogP contribution >= 0.6 is 0 Å². The molecule has 4 nitrogen and oxygen atoms in total. The van der Waals surface area contributed by atoms with Crippen molar-refractivity contribution in [3.05, 3.63) is 12.2 Å². The minimum atomic E-state index is -0.354. The minimum absolute atomic E-state index is 0.128. The molecule has 4 unspecified atom stereocenters. The molecule has 0 heterocycles. The topological polar surface area (TPSA) is 52.6 Å². The standard InChI is InChI=1S/C14H20O4/c1-3-17-13(15)11-9-5-7-10(8-6-9)12(11)14(16)18-4-2/h5,7,9-12H,3-4,6,8H2,1-2H3. The van der Waals surface area contributed by atoms with Gasteiger partial charge in [0.2, 0.25) is 0 Å². The van der Waals surface area contributed by atoms with Crippen LogP contribution in [0.2, 0.25) is 0 Å². The van der Waals surface area contributed by atoms with Crippen molar-refractivity contribution in [2.24, 2.45) is 23.7 Å². The van der Waals surface area contributed by atoms with Gasteiger partial charge in [0.15, 0.2) is 0 Å². The number of hydrogen-bond acceptors (Lipinski definition) is 4. The first kappa shape index (κ1) is 13.1. The molecule has 18 heavy (non-hydrogen) atoms. The van der Waals surface area contributed by atoms with Crippen LogP contribution in [-0.2, 0) is 19.1 Å². The first-order chi connectivity index (χ1) is 8.69. The van der Waals surface area contributed by atoms with Crippen LogP contribution < -0.4 is 0 Å². The predicted octanol–water partition coefficient (Wildman–Crippen LogP) is 1.94. The summed E-state index contributed by atoms with van der Waals surface area (Å²) in [4.78, 5) is 24.1. The highest BCUT2D eigenvalue weighted by Gasteiger charge is 2.49. The maximum absolute atomic E-state index is 12.0. The van der Waals surface area contributed by atoms with Gasteiger partial charge >= 0.3 is 11.9 Å². The minimum Gasteiger partial charge on any atom is -0.466 e. The molecule has 4 heteroatoms. The maximum atomic E-state index is 12.0. The molecule has 3 aliphatic rings. The Balaban J connectivity index is 2.20. The summed E-state index contributed by atoms with van der Waals surface area (Å²) in [6, 6.07) is 0. The molecule has 0 aromatic carbocycles. The van der Waals surface area contributed by atoms with Crippen molar-refractivity contribution < 1.29 is 19.1 Å². The van der Waals surface area contributed by atoms with Crippen LogP contribution in [0.1, 0.15) is 26.7 Å². The fraction of sp³-hybridized carbons (Fsp3) is 0.714. The molecule has 0 spiro atoms. The number of carbonyl (C=O) groups is 2. The highest BCUT2D eigenvalue weighted by Crippen LogP contribution is 2.45. The summed E-state index contributed by atoms with van der Waals surface area (Å²) in [6.07, 6.45) is 6.04. The SMILES string of the molecule is CCOC(=O)C1C2C=CC(CC2)C1C(=O)OCC. The Morgan fingerprint density at radius 2 is 1.33 bits per heavy atom. The second kappa shape index (κ2) is 5.55. The molecule has 100 valence electrons. The van der Waals surface area contributed by atoms with Gasteiger partial charge in [-0.15, -0.1) is 0 Å². The zero-order chi connectivity index (χ0) is 13.1. The quantitative estimate of drug-likeness (QED) is 0.567. The van der Waals surface area contributed by atoms with Crippen molar-refractivity contribution in [1.29, 1.82) is 0 Å². The van der Waals surface area contributed by atoms with E-state index in [0.29, 0.717) is 13.2 Å². The number of allylic oxidation sites excluding steroid dienone is 2. The zero-order valence-electron chi connectivity index (χ0n) is 10.9. The van der Waals surface area contributed by atoms with E-state index in [1.165, 1.54) is 0 Å². The summed E-state index contributed by atoms with van der Waals surface area (Å²) in [5.41, 5.74) is 0. The van der Waals surface area contributed by atoms with Crippen molar-refractivity contribution in [3.63, 3.8) is 0 Å². The van der Waals surface area contributed by atoms with Gasteiger partial charge < -0.3 is 9.47 Å². The van der Waals surface area contributed by atoms with Gasteiger partial charge in [0.25, 0.3) is 0 Å². The van der Waals surface area contributed by atoms with E-state index in [0.717, 1.165) is 12.8 Å². The zero-order valence-corrected chi connectivity index (χ0v) is 10.9. The van der Waals surface area contributed by atoms with Crippen LogP contribution in [0.15, 0.2) is 12.2 Å². The lowest BCUT2D eigenvalue weighted by Gasteiger charge is -2.41. The second-order valence-corrected chi connectivity index (χ2v) is 4.85. The molecule has 0 aromatic rings. The van der Waals surface area contributed by atoms with E-state index in [9.17, 15) is 9.59 Å². The van der Waals surface area contributed by atoms with Crippen LogP contribution in [0.5, 0.6) is 0 Å². The molecule has 0 aromatic heterocycles. The Bertz CT molecular complexity index is 327. The summed E-state index contributed by atoms with van der Waals surface area (Å²) >= 11 is 0. The van der Waals surface area contributed by atoms with Gasteiger partial charge in [0.1, 0.15) is 0 Å². The van der Waals surface area contributed by atoms with E-state index in [1.807, 2.05) is 0 Å². The number of fused-ring (bicyclic) bond motifs is 2. The van der Waals surface area contributed by atoms with Gasteiger partial charge in [-0.3, -0.25) is 9.59 Å². The molecule has 0 radical (unpaired) electrons. The van der Waals surface area contributed by atoms with E-state index in [2.05, 4.69) is 12.2 Å². The third kappa shape index (κ3) is 2.28. The van der Waals surface area contributed by atoms with Gasteiger partial charge in [0, 0.05) is 0 Å². The Hall–Kier alpha value is -1.32. The number of ether oxygens (including phenoxy) is 2. The normalized spacial score (nSPS) is 33.2. The number of rotatable bonds is 4. The predicted molar refractivity (Wildman–Crippen MR) is 65.6 cm³/mol. The first-order valence-corrected chi connectivity index (χ1v) is 6.70. The van der Waals surface area contributed by atoms with E-state index in [-0.39, 0.29) is 35.6 Å². The maximum Gasteiger partial charge on any atom is 0.310 e. The van der Waals surface area contributed by atoms with E-state index < -0.39 is 0 Å². The van der Waals surface area contributed by atoms with Crippen LogP contribution in [0.3, 0.4) is 0 Å². The Labute approximate surface area is 107 Å². The van der Waals surface area contributed by atoms with Gasteiger partial charge in [-0.2, -0.15) is 0 Å². The van der Waals surface area contributed by atoms with Crippen molar-refractivity contribution in [1.82, 2.24) is 0 Å². The van der Waals surface area contributed by atoms with Crippen LogP contribution in [0.25, 0.3) is 0 Å². The summed E-state index contributed by atoms with van der Waals surface area (Å²) in [7, 11) is 0. The lowest BCUT2D eigenvalue weighted by molar-refractivity contribution is -0.167. The largest absolute Gasteiger partial charge is 0.466 e. The van der Waals surface area contributed by atoms with Crippen LogP contribution in [-0.4, -0.2) is 25.2 Å². The monoisotopic (exact) mass is 252 g/mol. The molecule has 4 atom stereocenters. The molecule has 3 aliphatic carbocycles. The summed E-state index contributed by atoms with van der Waals surface area (Å²) in [6.45, 7) is 4.28. The number of hydrogen-bond donors (Lipinski definition) is 0. The average Bonchev–Trinajstić information content (AvgIpc) is 2.39. The third-order valence-electron chi connectivity index (χ3n) is 3.87. The molecule has 3 rings (SSSR count). The Kier molecular flexibility index (Phi) is 4.04. The summed E-state index contributed by atoms with van der Waals surface area (Å²) < 4.78 is 10.2.